The molecular weight excluding hydrogens is 568 g/mol. The number of nitrogens with zero attached hydrogens (tertiary/aromatic N) is 3. The van der Waals surface area contributed by atoms with Gasteiger partial charge in [-0.05, 0) is 73.6 Å². The summed E-state index contributed by atoms with van der Waals surface area (Å²) >= 11 is 6.31. The van der Waals surface area contributed by atoms with Gasteiger partial charge in [0.25, 0.3) is 11.5 Å². The van der Waals surface area contributed by atoms with E-state index < -0.39 is 0 Å². The molecule has 2 aromatic heterocycles. The van der Waals surface area contributed by atoms with Crippen LogP contribution in [0.5, 0.6) is 0 Å². The van der Waals surface area contributed by atoms with E-state index in [1.807, 2.05) is 67.6 Å². The van der Waals surface area contributed by atoms with Gasteiger partial charge < -0.3 is 0 Å². The maximum absolute atomic E-state index is 13.8. The molecule has 0 saturated carbocycles. The monoisotopic (exact) mass is 592 g/mol. The van der Waals surface area contributed by atoms with Gasteiger partial charge in [0.2, 0.25) is 0 Å². The van der Waals surface area contributed by atoms with Gasteiger partial charge in [-0.3, -0.25) is 14.2 Å². The Morgan fingerprint density at radius 3 is 2.70 bits per heavy atom. The molecule has 5 rings (SSSR count). The number of hydrazone groups is 1. The number of amides is 1. The van der Waals surface area contributed by atoms with Crippen LogP contribution in [0.2, 0.25) is 0 Å². The van der Waals surface area contributed by atoms with Crippen LogP contribution in [0.3, 0.4) is 0 Å². The molecule has 37 heavy (non-hydrogen) atoms. The number of fused-ring (bicyclic) bond motifs is 3. The maximum atomic E-state index is 13.8. The van der Waals surface area contributed by atoms with Crippen LogP contribution in [0.4, 0.5) is 0 Å². The van der Waals surface area contributed by atoms with Crippen LogP contribution in [-0.4, -0.2) is 27.4 Å². The Labute approximate surface area is 231 Å². The molecule has 4 aromatic rings. The normalized spacial score (nSPS) is 13.7. The van der Waals surface area contributed by atoms with Gasteiger partial charge in [0.15, 0.2) is 5.16 Å². The van der Waals surface area contributed by atoms with Crippen LogP contribution >= 0.6 is 39.0 Å². The molecule has 0 bridgehead atoms. The number of allylic oxidation sites excluding steroid dienone is 1. The first-order chi connectivity index (χ1) is 18.0. The van der Waals surface area contributed by atoms with Crippen LogP contribution in [0.15, 0.2) is 79.7 Å². The predicted octanol–water partition coefficient (Wildman–Crippen LogP) is 6.39. The average Bonchev–Trinajstić information content (AvgIpc) is 3.27. The lowest BCUT2D eigenvalue weighted by atomic mass is 9.97. The molecule has 0 aliphatic heterocycles. The minimum Gasteiger partial charge on any atom is -0.272 e. The summed E-state index contributed by atoms with van der Waals surface area (Å²) in [5.41, 5.74) is 6.36. The summed E-state index contributed by atoms with van der Waals surface area (Å²) in [5.74, 6) is -0.186. The van der Waals surface area contributed by atoms with E-state index in [0.717, 1.165) is 62.8 Å². The van der Waals surface area contributed by atoms with Gasteiger partial charge in [0.1, 0.15) is 4.83 Å². The van der Waals surface area contributed by atoms with Crippen LogP contribution in [0.1, 0.15) is 35.8 Å². The quantitative estimate of drug-likeness (QED) is 0.117. The highest BCUT2D eigenvalue weighted by molar-refractivity contribution is 9.10. The molecule has 1 N–H and O–H groups in total. The Balaban J connectivity index is 1.38. The second kappa shape index (κ2) is 11.6. The van der Waals surface area contributed by atoms with Gasteiger partial charge in [-0.2, -0.15) is 5.10 Å². The average molecular weight is 594 g/mol. The fourth-order valence-corrected chi connectivity index (χ4v) is 6.69. The number of rotatable bonds is 7. The molecule has 2 heterocycles. The first kappa shape index (κ1) is 25.6. The van der Waals surface area contributed by atoms with E-state index >= 15 is 0 Å². The molecule has 188 valence electrons. The lowest BCUT2D eigenvalue weighted by molar-refractivity contribution is -0.118. The maximum Gasteiger partial charge on any atom is 0.267 e. The number of halogens is 1. The molecular formula is C28H25BrN4O2S2. The van der Waals surface area contributed by atoms with Crippen molar-refractivity contribution < 1.29 is 4.79 Å². The first-order valence-corrected chi connectivity index (χ1v) is 14.6. The fourth-order valence-electron chi connectivity index (χ4n) is 4.32. The third kappa shape index (κ3) is 5.95. The number of hydrogen-bond donors (Lipinski definition) is 1. The van der Waals surface area contributed by atoms with E-state index in [1.165, 1.54) is 16.6 Å². The number of aromatic nitrogens is 2. The SMILES string of the molecule is CC(C=NNC(=O)CSc1nc2sc3c(c2c(=O)n1-c1ccc(Br)cc1)CCCC3)=Cc1ccccc1. The van der Waals surface area contributed by atoms with Gasteiger partial charge in [-0.15, -0.1) is 11.3 Å². The topological polar surface area (TPSA) is 76.3 Å². The Morgan fingerprint density at radius 1 is 1.16 bits per heavy atom. The molecule has 1 aliphatic rings. The minimum absolute atomic E-state index is 0.0747. The molecule has 0 saturated heterocycles. The van der Waals surface area contributed by atoms with Crippen molar-refractivity contribution in [2.75, 3.05) is 5.75 Å². The summed E-state index contributed by atoms with van der Waals surface area (Å²) in [5, 5.41) is 5.30. The van der Waals surface area contributed by atoms with Crippen molar-refractivity contribution in [3.63, 3.8) is 0 Å². The highest BCUT2D eigenvalue weighted by Crippen LogP contribution is 2.35. The summed E-state index contributed by atoms with van der Waals surface area (Å²) in [6, 6.07) is 17.5. The highest BCUT2D eigenvalue weighted by Gasteiger charge is 2.23. The lowest BCUT2D eigenvalue weighted by Gasteiger charge is -2.13. The molecule has 0 atom stereocenters. The predicted molar refractivity (Wildman–Crippen MR) is 157 cm³/mol. The Bertz CT molecular complexity index is 1560. The highest BCUT2D eigenvalue weighted by atomic mass is 79.9. The van der Waals surface area contributed by atoms with E-state index in [0.29, 0.717) is 5.16 Å². The summed E-state index contributed by atoms with van der Waals surface area (Å²) in [4.78, 5) is 33.3. The summed E-state index contributed by atoms with van der Waals surface area (Å²) < 4.78 is 2.55. The number of aryl methyl sites for hydroxylation is 2. The van der Waals surface area contributed by atoms with Crippen LogP contribution in [-0.2, 0) is 17.6 Å². The zero-order valence-electron chi connectivity index (χ0n) is 20.2. The second-order valence-corrected chi connectivity index (χ2v) is 11.7. The molecule has 0 radical (unpaired) electrons. The van der Waals surface area contributed by atoms with E-state index in [-0.39, 0.29) is 17.2 Å². The molecule has 0 unspecified atom stereocenters. The van der Waals surface area contributed by atoms with Crippen LogP contribution < -0.4 is 11.0 Å². The number of benzene rings is 2. The van der Waals surface area contributed by atoms with Crippen LogP contribution in [0.25, 0.3) is 22.0 Å². The third-order valence-electron chi connectivity index (χ3n) is 6.03. The van der Waals surface area contributed by atoms with Crippen molar-refractivity contribution in [3.05, 3.63) is 91.0 Å². The zero-order valence-corrected chi connectivity index (χ0v) is 23.5. The second-order valence-electron chi connectivity index (χ2n) is 8.78. The summed E-state index contributed by atoms with van der Waals surface area (Å²) in [6.45, 7) is 1.92. The Morgan fingerprint density at radius 2 is 1.92 bits per heavy atom. The third-order valence-corrected chi connectivity index (χ3v) is 8.68. The molecule has 6 nitrogen and oxygen atoms in total. The summed E-state index contributed by atoms with van der Waals surface area (Å²) in [6.07, 6.45) is 7.75. The Kier molecular flexibility index (Phi) is 8.02. The van der Waals surface area contributed by atoms with Gasteiger partial charge >= 0.3 is 0 Å². The van der Waals surface area contributed by atoms with E-state index in [9.17, 15) is 9.59 Å². The molecule has 2 aromatic carbocycles. The number of carbonyl (C=O) groups is 1. The summed E-state index contributed by atoms with van der Waals surface area (Å²) in [7, 11) is 0. The Hall–Kier alpha value is -3.01. The van der Waals surface area contributed by atoms with Crippen molar-refractivity contribution in [2.24, 2.45) is 5.10 Å². The minimum atomic E-state index is -0.268. The molecule has 0 spiro atoms. The number of hydrogen-bond acceptors (Lipinski definition) is 6. The van der Waals surface area contributed by atoms with Crippen LogP contribution in [0, 0.1) is 0 Å². The molecule has 1 amide bonds. The largest absolute Gasteiger partial charge is 0.272 e. The molecule has 1 aliphatic carbocycles. The van der Waals surface area contributed by atoms with Crippen molar-refractivity contribution in [2.45, 2.75) is 37.8 Å². The number of carbonyl (C=O) groups excluding carboxylic acids is 1. The van der Waals surface area contributed by atoms with Gasteiger partial charge in [0.05, 0.1) is 23.0 Å². The fraction of sp³-hybridized carbons (Fsp3) is 0.214. The number of thiophene rings is 1. The molecule has 0 fully saturated rings. The van der Waals surface area contributed by atoms with Gasteiger partial charge in [-0.25, -0.2) is 10.4 Å². The van der Waals surface area contributed by atoms with Crippen molar-refractivity contribution in [1.29, 1.82) is 0 Å². The zero-order chi connectivity index (χ0) is 25.8. The van der Waals surface area contributed by atoms with E-state index in [4.69, 9.17) is 4.98 Å². The van der Waals surface area contributed by atoms with Crippen molar-refractivity contribution in [1.82, 2.24) is 15.0 Å². The standard InChI is InChI=1S/C28H25BrN4O2S2/c1-18(15-19-7-3-2-4-8-19)16-30-32-24(34)17-36-28-31-26-25(22-9-5-6-10-23(22)37-26)27(35)33(28)21-13-11-20(29)12-14-21/h2-4,7-8,11-16H,5-6,9-10,17H2,1H3,(H,32,34). The number of thioether (sulfide) groups is 1. The van der Waals surface area contributed by atoms with E-state index in [2.05, 4.69) is 26.5 Å². The number of nitrogens with one attached hydrogen (secondary N) is 1. The lowest BCUT2D eigenvalue weighted by Crippen LogP contribution is -2.24. The smallest absolute Gasteiger partial charge is 0.267 e. The van der Waals surface area contributed by atoms with Crippen molar-refractivity contribution in [3.8, 4) is 5.69 Å². The van der Waals surface area contributed by atoms with Gasteiger partial charge in [-0.1, -0.05) is 64.1 Å². The van der Waals surface area contributed by atoms with Gasteiger partial charge in [0, 0.05) is 9.35 Å². The molecule has 9 heteroatoms. The van der Waals surface area contributed by atoms with E-state index in [1.54, 1.807) is 22.1 Å². The first-order valence-electron chi connectivity index (χ1n) is 12.0. The van der Waals surface area contributed by atoms with Crippen molar-refractivity contribution >= 4 is 67.4 Å².